The Kier molecular flexibility index (Phi) is 7.54. The normalized spacial score (nSPS) is 11.1. The maximum atomic E-state index is 12.5. The Morgan fingerprint density at radius 1 is 0.914 bits per heavy atom. The molecular formula is C25H26N4O5S. The molecule has 2 aromatic carbocycles. The third-order valence-electron chi connectivity index (χ3n) is 5.43. The number of benzene rings is 2. The number of hydrogen-bond donors (Lipinski definition) is 6. The molecule has 0 fully saturated rings. The Balaban J connectivity index is 1.35. The van der Waals surface area contributed by atoms with Crippen LogP contribution in [0.25, 0.3) is 10.6 Å². The van der Waals surface area contributed by atoms with Crippen molar-refractivity contribution in [3.8, 4) is 33.6 Å². The number of amides is 1. The van der Waals surface area contributed by atoms with Crippen molar-refractivity contribution < 1.29 is 25.2 Å². The number of carbonyl (C=O) groups excluding carboxylic acids is 1. The first kappa shape index (κ1) is 24.1. The number of H-pyrrole nitrogens is 1. The molecule has 0 atom stereocenters. The average Bonchev–Trinajstić information content (AvgIpc) is 3.53. The maximum absolute atomic E-state index is 12.5. The van der Waals surface area contributed by atoms with Crippen LogP contribution in [0.15, 0.2) is 60.0 Å². The zero-order chi connectivity index (χ0) is 24.8. The van der Waals surface area contributed by atoms with Gasteiger partial charge in [0.25, 0.3) is 5.91 Å². The highest BCUT2D eigenvalue weighted by molar-refractivity contribution is 7.13. The smallest absolute Gasteiger partial charge is 0.271 e. The fourth-order valence-corrected chi connectivity index (χ4v) is 4.35. The summed E-state index contributed by atoms with van der Waals surface area (Å²) in [6.07, 6.45) is 0.641. The van der Waals surface area contributed by atoms with Gasteiger partial charge in [-0.05, 0) is 59.3 Å². The number of phenols is 4. The van der Waals surface area contributed by atoms with Crippen LogP contribution >= 0.6 is 11.3 Å². The molecule has 4 aromatic rings. The molecule has 0 aliphatic carbocycles. The summed E-state index contributed by atoms with van der Waals surface area (Å²) in [7, 11) is 0. The summed E-state index contributed by atoms with van der Waals surface area (Å²) in [5, 5.41) is 50.7. The van der Waals surface area contributed by atoms with Gasteiger partial charge in [-0.3, -0.25) is 14.8 Å². The lowest BCUT2D eigenvalue weighted by atomic mass is 10.1. The van der Waals surface area contributed by atoms with Gasteiger partial charge in [0.1, 0.15) is 0 Å². The van der Waals surface area contributed by atoms with Crippen LogP contribution in [0.3, 0.4) is 0 Å². The van der Waals surface area contributed by atoms with E-state index < -0.39 is 0 Å². The van der Waals surface area contributed by atoms with Crippen LogP contribution in [-0.2, 0) is 13.1 Å². The summed E-state index contributed by atoms with van der Waals surface area (Å²) >= 11 is 1.56. The minimum Gasteiger partial charge on any atom is -0.504 e. The van der Waals surface area contributed by atoms with E-state index in [9.17, 15) is 25.2 Å². The van der Waals surface area contributed by atoms with Crippen LogP contribution in [0.5, 0.6) is 23.0 Å². The number of aromatic nitrogens is 2. The van der Waals surface area contributed by atoms with Crippen molar-refractivity contribution in [3.63, 3.8) is 0 Å². The number of carbonyl (C=O) groups is 1. The molecule has 35 heavy (non-hydrogen) atoms. The molecular weight excluding hydrogens is 468 g/mol. The van der Waals surface area contributed by atoms with Crippen LogP contribution in [-0.4, -0.2) is 54.5 Å². The van der Waals surface area contributed by atoms with E-state index in [-0.39, 0.29) is 28.9 Å². The van der Waals surface area contributed by atoms with Crippen molar-refractivity contribution in [3.05, 3.63) is 76.8 Å². The van der Waals surface area contributed by atoms with Gasteiger partial charge in [0, 0.05) is 26.2 Å². The lowest BCUT2D eigenvalue weighted by Crippen LogP contribution is -2.30. The molecule has 0 unspecified atom stereocenters. The molecule has 6 N–H and O–H groups in total. The SMILES string of the molecule is O=C(NCCCN(Cc1ccc(O)c(O)c1)Cc1ccc(O)c(O)c1)c1cc(-c2cccs2)[nH]n1. The van der Waals surface area contributed by atoms with Gasteiger partial charge in [-0.15, -0.1) is 11.3 Å². The predicted molar refractivity (Wildman–Crippen MR) is 133 cm³/mol. The van der Waals surface area contributed by atoms with Crippen molar-refractivity contribution >= 4 is 17.2 Å². The first-order valence-corrected chi connectivity index (χ1v) is 11.9. The van der Waals surface area contributed by atoms with Crippen molar-refractivity contribution in [1.82, 2.24) is 20.4 Å². The predicted octanol–water partition coefficient (Wildman–Crippen LogP) is 3.78. The highest BCUT2D eigenvalue weighted by atomic mass is 32.1. The Morgan fingerprint density at radius 3 is 2.14 bits per heavy atom. The molecule has 0 aliphatic heterocycles. The third kappa shape index (κ3) is 6.31. The number of nitrogens with one attached hydrogen (secondary N) is 2. The van der Waals surface area contributed by atoms with E-state index in [1.165, 1.54) is 24.3 Å². The number of phenolic OH excluding ortho intramolecular Hbond substituents is 4. The van der Waals surface area contributed by atoms with Crippen LogP contribution in [0.2, 0.25) is 0 Å². The summed E-state index contributed by atoms with van der Waals surface area (Å²) in [5.41, 5.74) is 2.71. The van der Waals surface area contributed by atoms with Gasteiger partial charge >= 0.3 is 0 Å². The van der Waals surface area contributed by atoms with Crippen molar-refractivity contribution in [1.29, 1.82) is 0 Å². The Labute approximate surface area is 205 Å². The van der Waals surface area contributed by atoms with Gasteiger partial charge < -0.3 is 25.7 Å². The summed E-state index contributed by atoms with van der Waals surface area (Å²) in [6, 6.07) is 14.9. The minimum absolute atomic E-state index is 0.188. The number of rotatable bonds is 10. The molecule has 2 heterocycles. The van der Waals surface area contributed by atoms with Crippen molar-refractivity contribution in [2.24, 2.45) is 0 Å². The number of nitrogens with zero attached hydrogens (tertiary/aromatic N) is 2. The van der Waals surface area contributed by atoms with E-state index in [1.54, 1.807) is 29.5 Å². The van der Waals surface area contributed by atoms with Crippen LogP contribution in [0, 0.1) is 0 Å². The van der Waals surface area contributed by atoms with Gasteiger partial charge in [0.2, 0.25) is 0 Å². The standard InChI is InChI=1S/C25H26N4O5S/c30-20-6-4-16(11-22(20)32)14-29(15-17-5-7-21(31)23(33)12-17)9-2-8-26-25(34)19-13-18(27-28-19)24-3-1-10-35-24/h1,3-7,10-13,30-33H,2,8-9,14-15H2,(H,26,34)(H,27,28). The molecule has 9 nitrogen and oxygen atoms in total. The molecule has 0 saturated heterocycles. The number of aromatic amines is 1. The van der Waals surface area contributed by atoms with E-state index in [0.29, 0.717) is 38.3 Å². The molecule has 0 spiro atoms. The molecule has 4 rings (SSSR count). The van der Waals surface area contributed by atoms with Crippen LogP contribution in [0.4, 0.5) is 0 Å². The van der Waals surface area contributed by atoms with Crippen LogP contribution in [0.1, 0.15) is 28.0 Å². The van der Waals surface area contributed by atoms with Crippen molar-refractivity contribution in [2.75, 3.05) is 13.1 Å². The van der Waals surface area contributed by atoms with Gasteiger partial charge in [0.15, 0.2) is 28.7 Å². The lowest BCUT2D eigenvalue weighted by Gasteiger charge is -2.23. The molecule has 182 valence electrons. The Bertz CT molecular complexity index is 1240. The van der Waals surface area contributed by atoms with Gasteiger partial charge in [-0.1, -0.05) is 18.2 Å². The van der Waals surface area contributed by atoms with E-state index in [2.05, 4.69) is 20.4 Å². The summed E-state index contributed by atoms with van der Waals surface area (Å²) < 4.78 is 0. The number of thiophene rings is 1. The molecule has 2 aromatic heterocycles. The van der Waals surface area contributed by atoms with Gasteiger partial charge in [-0.2, -0.15) is 5.10 Å². The second-order valence-corrected chi connectivity index (χ2v) is 9.06. The summed E-state index contributed by atoms with van der Waals surface area (Å²) in [6.45, 7) is 1.96. The highest BCUT2D eigenvalue weighted by Gasteiger charge is 2.13. The fourth-order valence-electron chi connectivity index (χ4n) is 3.66. The highest BCUT2D eigenvalue weighted by Crippen LogP contribution is 2.28. The van der Waals surface area contributed by atoms with Crippen molar-refractivity contribution in [2.45, 2.75) is 19.5 Å². The quantitative estimate of drug-likeness (QED) is 0.145. The van der Waals surface area contributed by atoms with E-state index in [1.807, 2.05) is 17.5 Å². The summed E-state index contributed by atoms with van der Waals surface area (Å²) in [4.78, 5) is 15.6. The van der Waals surface area contributed by atoms with E-state index in [0.717, 1.165) is 21.7 Å². The lowest BCUT2D eigenvalue weighted by molar-refractivity contribution is 0.0946. The van der Waals surface area contributed by atoms with E-state index >= 15 is 0 Å². The average molecular weight is 495 g/mol. The molecule has 10 heteroatoms. The second kappa shape index (κ2) is 10.9. The third-order valence-corrected chi connectivity index (χ3v) is 6.33. The minimum atomic E-state index is -0.262. The zero-order valence-corrected chi connectivity index (χ0v) is 19.6. The molecule has 0 aliphatic rings. The fraction of sp³-hybridized carbons (Fsp3) is 0.200. The largest absolute Gasteiger partial charge is 0.504 e. The molecule has 1 amide bonds. The van der Waals surface area contributed by atoms with E-state index in [4.69, 9.17) is 0 Å². The first-order valence-electron chi connectivity index (χ1n) is 11.0. The Hall–Kier alpha value is -4.02. The number of aromatic hydroxyl groups is 4. The topological polar surface area (TPSA) is 142 Å². The van der Waals surface area contributed by atoms with Crippen LogP contribution < -0.4 is 5.32 Å². The Morgan fingerprint density at radius 2 is 1.57 bits per heavy atom. The molecule has 0 bridgehead atoms. The zero-order valence-electron chi connectivity index (χ0n) is 18.8. The monoisotopic (exact) mass is 494 g/mol. The van der Waals surface area contributed by atoms with Gasteiger partial charge in [-0.25, -0.2) is 0 Å². The second-order valence-electron chi connectivity index (χ2n) is 8.11. The molecule has 0 radical (unpaired) electrons. The maximum Gasteiger partial charge on any atom is 0.271 e. The number of hydrogen-bond acceptors (Lipinski definition) is 8. The summed E-state index contributed by atoms with van der Waals surface area (Å²) in [5.74, 6) is -1.03. The van der Waals surface area contributed by atoms with Gasteiger partial charge in [0.05, 0.1) is 10.6 Å². The first-order chi connectivity index (χ1) is 16.9. The molecule has 0 saturated carbocycles.